The van der Waals surface area contributed by atoms with Gasteiger partial charge in [0.1, 0.15) is 5.75 Å². The van der Waals surface area contributed by atoms with E-state index in [0.717, 1.165) is 22.9 Å². The summed E-state index contributed by atoms with van der Waals surface area (Å²) in [5, 5.41) is 13.3. The van der Waals surface area contributed by atoms with E-state index >= 15 is 0 Å². The van der Waals surface area contributed by atoms with Gasteiger partial charge in [0.15, 0.2) is 5.82 Å². The molecule has 0 radical (unpaired) electrons. The van der Waals surface area contributed by atoms with Gasteiger partial charge in [0.25, 0.3) is 5.91 Å². The highest BCUT2D eigenvalue weighted by molar-refractivity contribution is 6.07. The molecule has 0 saturated carbocycles. The van der Waals surface area contributed by atoms with Gasteiger partial charge in [-0.05, 0) is 51.7 Å². The van der Waals surface area contributed by atoms with Gasteiger partial charge in [0, 0.05) is 30.9 Å². The second-order valence-electron chi connectivity index (χ2n) is 10.7. The number of anilines is 2. The Morgan fingerprint density at radius 3 is 2.49 bits per heavy atom. The molecule has 216 valence electrons. The molecule has 4 amide bonds. The number of aryl methyl sites for hydroxylation is 1. The van der Waals surface area contributed by atoms with Crippen molar-refractivity contribution in [1.29, 1.82) is 0 Å². The van der Waals surface area contributed by atoms with E-state index in [1.54, 1.807) is 34.8 Å². The van der Waals surface area contributed by atoms with E-state index in [1.165, 1.54) is 7.11 Å². The highest BCUT2D eigenvalue weighted by Crippen LogP contribution is 2.42. The maximum absolute atomic E-state index is 13.7. The third kappa shape index (κ3) is 6.09. The number of nitrogens with one attached hydrogen (secondary N) is 3. The van der Waals surface area contributed by atoms with Gasteiger partial charge < -0.3 is 30.5 Å². The van der Waals surface area contributed by atoms with Crippen LogP contribution in [-0.2, 0) is 23.9 Å². The van der Waals surface area contributed by atoms with Crippen LogP contribution in [0.3, 0.4) is 0 Å². The zero-order valence-corrected chi connectivity index (χ0v) is 24.3. The molecule has 0 saturated heterocycles. The van der Waals surface area contributed by atoms with Crippen LogP contribution in [0.25, 0.3) is 0 Å². The minimum atomic E-state index is -0.688. The summed E-state index contributed by atoms with van der Waals surface area (Å²) in [4.78, 5) is 42.5. The Balaban J connectivity index is 1.56. The molecule has 1 aromatic heterocycles. The van der Waals surface area contributed by atoms with Crippen LogP contribution < -0.4 is 20.7 Å². The molecule has 2 heterocycles. The van der Waals surface area contributed by atoms with E-state index in [9.17, 15) is 14.4 Å². The molecule has 1 unspecified atom stereocenters. The molecular formula is C30H37N7O4. The van der Waals surface area contributed by atoms with Gasteiger partial charge in [-0.3, -0.25) is 14.3 Å². The molecular weight excluding hydrogens is 522 g/mol. The predicted molar refractivity (Wildman–Crippen MR) is 158 cm³/mol. The Labute approximate surface area is 240 Å². The predicted octanol–water partition coefficient (Wildman–Crippen LogP) is 3.87. The number of fused-ring (bicyclic) bond motifs is 1. The Hall–Kier alpha value is -4.64. The largest absolute Gasteiger partial charge is 0.496 e. The number of carbonyl (C=O) groups excluding carboxylic acids is 3. The fourth-order valence-electron chi connectivity index (χ4n) is 5.23. The first-order chi connectivity index (χ1) is 19.5. The number of methoxy groups -OCH3 is 1. The van der Waals surface area contributed by atoms with Gasteiger partial charge in [-0.15, -0.1) is 0 Å². The normalized spacial score (nSPS) is 14.3. The maximum atomic E-state index is 13.7. The van der Waals surface area contributed by atoms with Crippen molar-refractivity contribution in [2.45, 2.75) is 32.0 Å². The quantitative estimate of drug-likeness (QED) is 0.343. The highest BCUT2D eigenvalue weighted by Gasteiger charge is 2.45. The van der Waals surface area contributed by atoms with Gasteiger partial charge in [-0.2, -0.15) is 5.10 Å². The Bertz CT molecular complexity index is 1460. The van der Waals surface area contributed by atoms with Gasteiger partial charge in [0.05, 0.1) is 36.5 Å². The summed E-state index contributed by atoms with van der Waals surface area (Å²) in [6, 6.07) is 14.2. The molecule has 4 rings (SSSR count). The topological polar surface area (TPSA) is 121 Å². The Morgan fingerprint density at radius 2 is 1.85 bits per heavy atom. The zero-order valence-electron chi connectivity index (χ0n) is 24.3. The van der Waals surface area contributed by atoms with Crippen LogP contribution >= 0.6 is 0 Å². The number of hydrogen-bond donors (Lipinski definition) is 3. The van der Waals surface area contributed by atoms with Gasteiger partial charge in [0.2, 0.25) is 5.91 Å². The first-order valence-electron chi connectivity index (χ1n) is 13.2. The summed E-state index contributed by atoms with van der Waals surface area (Å²) in [6.07, 6.45) is 1.16. The number of carbonyl (C=O) groups is 3. The van der Waals surface area contributed by atoms with Crippen molar-refractivity contribution < 1.29 is 19.1 Å². The van der Waals surface area contributed by atoms with E-state index < -0.39 is 11.4 Å². The standard InChI is InChI=1S/C30H37N7O4/c1-8-25(38)31-20-14-15-21(24(16-20)41-7)28(39)33-27-22-17-37(30(2,3)26(22)36(6)34-27)29(40)32-23(18-35(4)5)19-12-10-9-11-13-19/h8-16,23H,1,17-18H2,2-7H3,(H,31,38)(H,32,40)(H,33,34,39). The number of nitrogens with zero attached hydrogens (tertiary/aromatic N) is 4. The van der Waals surface area contributed by atoms with E-state index in [4.69, 9.17) is 4.74 Å². The van der Waals surface area contributed by atoms with Crippen LogP contribution in [0.4, 0.5) is 16.3 Å². The number of benzene rings is 2. The summed E-state index contributed by atoms with van der Waals surface area (Å²) in [7, 11) is 7.19. The minimum Gasteiger partial charge on any atom is -0.496 e. The number of rotatable bonds is 9. The van der Waals surface area contributed by atoms with Crippen molar-refractivity contribution in [3.8, 4) is 5.75 Å². The lowest BCUT2D eigenvalue weighted by Gasteiger charge is -2.34. The van der Waals surface area contributed by atoms with E-state index in [-0.39, 0.29) is 35.8 Å². The fourth-order valence-corrected chi connectivity index (χ4v) is 5.23. The molecule has 1 aliphatic rings. The first-order valence-corrected chi connectivity index (χ1v) is 13.2. The van der Waals surface area contributed by atoms with Crippen LogP contribution in [0.5, 0.6) is 5.75 Å². The number of amides is 4. The fraction of sp³-hybridized carbons (Fsp3) is 0.333. The molecule has 0 fully saturated rings. The summed E-state index contributed by atoms with van der Waals surface area (Å²) < 4.78 is 7.12. The third-order valence-corrected chi connectivity index (χ3v) is 7.14. The Morgan fingerprint density at radius 1 is 1.15 bits per heavy atom. The van der Waals surface area contributed by atoms with Gasteiger partial charge in [-0.25, -0.2) is 4.79 Å². The van der Waals surface area contributed by atoms with E-state index in [1.807, 2.05) is 63.2 Å². The minimum absolute atomic E-state index is 0.206. The number of hydrogen-bond acceptors (Lipinski definition) is 6. The van der Waals surface area contributed by atoms with Crippen molar-refractivity contribution in [1.82, 2.24) is 24.9 Å². The Kier molecular flexibility index (Phi) is 8.48. The highest BCUT2D eigenvalue weighted by atomic mass is 16.5. The smallest absolute Gasteiger partial charge is 0.319 e. The summed E-state index contributed by atoms with van der Waals surface area (Å²) >= 11 is 0. The van der Waals surface area contributed by atoms with Gasteiger partial charge in [-0.1, -0.05) is 36.9 Å². The number of likely N-dealkylation sites (N-methyl/N-ethyl adjacent to an activating group) is 1. The van der Waals surface area contributed by atoms with Crippen LogP contribution in [-0.4, -0.2) is 65.2 Å². The third-order valence-electron chi connectivity index (χ3n) is 7.14. The zero-order chi connectivity index (χ0) is 29.9. The van der Waals surface area contributed by atoms with Crippen LogP contribution in [0.2, 0.25) is 0 Å². The maximum Gasteiger partial charge on any atom is 0.319 e. The number of ether oxygens (including phenoxy) is 1. The molecule has 3 aromatic rings. The lowest BCUT2D eigenvalue weighted by atomic mass is 10.0. The average Bonchev–Trinajstić information content (AvgIpc) is 3.41. The number of aromatic nitrogens is 2. The monoisotopic (exact) mass is 559 g/mol. The van der Waals surface area contributed by atoms with Crippen LogP contribution in [0.1, 0.15) is 47.1 Å². The molecule has 2 aromatic carbocycles. The summed E-state index contributed by atoms with van der Waals surface area (Å²) in [5.41, 5.74) is 2.66. The van der Waals surface area contributed by atoms with Crippen molar-refractivity contribution in [3.05, 3.63) is 83.6 Å². The van der Waals surface area contributed by atoms with E-state index in [0.29, 0.717) is 18.1 Å². The van der Waals surface area contributed by atoms with Crippen molar-refractivity contribution >= 4 is 29.4 Å². The second kappa shape index (κ2) is 11.8. The number of urea groups is 1. The van der Waals surface area contributed by atoms with E-state index in [2.05, 4.69) is 27.6 Å². The molecule has 3 N–H and O–H groups in total. The average molecular weight is 560 g/mol. The van der Waals surface area contributed by atoms with Gasteiger partial charge >= 0.3 is 6.03 Å². The molecule has 1 aliphatic heterocycles. The van der Waals surface area contributed by atoms with Crippen LogP contribution in [0.15, 0.2) is 61.2 Å². The molecule has 0 bridgehead atoms. The molecule has 11 heteroatoms. The lowest BCUT2D eigenvalue weighted by Crippen LogP contribution is -2.49. The molecule has 0 aliphatic carbocycles. The summed E-state index contributed by atoms with van der Waals surface area (Å²) in [6.45, 7) is 8.28. The molecule has 0 spiro atoms. The lowest BCUT2D eigenvalue weighted by molar-refractivity contribution is -0.111. The first kappa shape index (κ1) is 29.3. The summed E-state index contributed by atoms with van der Waals surface area (Å²) in [5.74, 6) is -0.150. The SMILES string of the molecule is C=CC(=O)Nc1ccc(C(=O)Nc2nn(C)c3c2CN(C(=O)NC(CN(C)C)c2ccccc2)C3(C)C)c(OC)c1. The second-order valence-corrected chi connectivity index (χ2v) is 10.7. The van der Waals surface area contributed by atoms with Crippen LogP contribution in [0, 0.1) is 0 Å². The molecule has 41 heavy (non-hydrogen) atoms. The van der Waals surface area contributed by atoms with Crippen molar-refractivity contribution in [2.24, 2.45) is 7.05 Å². The molecule has 11 nitrogen and oxygen atoms in total. The van der Waals surface area contributed by atoms with Crippen molar-refractivity contribution in [3.63, 3.8) is 0 Å². The molecule has 1 atom stereocenters. The van der Waals surface area contributed by atoms with Crippen molar-refractivity contribution in [2.75, 3.05) is 38.4 Å².